The van der Waals surface area contributed by atoms with Gasteiger partial charge in [-0.15, -0.1) is 0 Å². The van der Waals surface area contributed by atoms with Crippen molar-refractivity contribution in [3.63, 3.8) is 0 Å². The van der Waals surface area contributed by atoms with Crippen LogP contribution in [0.5, 0.6) is 5.75 Å². The van der Waals surface area contributed by atoms with E-state index < -0.39 is 5.97 Å². The lowest BCUT2D eigenvalue weighted by atomic mass is 9.98. The van der Waals surface area contributed by atoms with Crippen LogP contribution < -0.4 is 0 Å². The average molecular weight is 230 g/mol. The van der Waals surface area contributed by atoms with E-state index in [-0.39, 0.29) is 11.3 Å². The minimum Gasteiger partial charge on any atom is -0.507 e. The van der Waals surface area contributed by atoms with Gasteiger partial charge in [-0.25, -0.2) is 4.79 Å². The van der Waals surface area contributed by atoms with Crippen LogP contribution >= 0.6 is 0 Å². The molecule has 0 aliphatic carbocycles. The molecular formula is C14H14O3. The number of hydrogen-bond donors (Lipinski definition) is 2. The predicted octanol–water partition coefficient (Wildman–Crippen LogP) is 3.37. The summed E-state index contributed by atoms with van der Waals surface area (Å²) < 4.78 is 0. The predicted molar refractivity (Wildman–Crippen MR) is 66.7 cm³/mol. The highest BCUT2D eigenvalue weighted by atomic mass is 16.4. The van der Waals surface area contributed by atoms with Crippen molar-refractivity contribution in [2.75, 3.05) is 0 Å². The van der Waals surface area contributed by atoms with E-state index in [1.807, 2.05) is 18.2 Å². The number of rotatable bonds is 2. The number of fused-ring (bicyclic) bond motifs is 1. The highest BCUT2D eigenvalue weighted by molar-refractivity contribution is 5.97. The molecule has 2 aromatic carbocycles. The van der Waals surface area contributed by atoms with Gasteiger partial charge in [0.25, 0.3) is 0 Å². The summed E-state index contributed by atoms with van der Waals surface area (Å²) in [5, 5.41) is 20.2. The molecule has 2 N–H and O–H groups in total. The lowest BCUT2D eigenvalue weighted by Gasteiger charge is -2.09. The molecule has 17 heavy (non-hydrogen) atoms. The summed E-state index contributed by atoms with van der Waals surface area (Å²) in [7, 11) is 0. The van der Waals surface area contributed by atoms with Crippen molar-refractivity contribution in [2.24, 2.45) is 0 Å². The smallest absolute Gasteiger partial charge is 0.335 e. The molecule has 0 atom stereocenters. The fourth-order valence-electron chi connectivity index (χ4n) is 1.84. The zero-order valence-electron chi connectivity index (χ0n) is 9.77. The zero-order chi connectivity index (χ0) is 12.6. The van der Waals surface area contributed by atoms with Gasteiger partial charge in [-0.1, -0.05) is 26.0 Å². The molecule has 3 heteroatoms. The normalized spacial score (nSPS) is 11.0. The van der Waals surface area contributed by atoms with Crippen LogP contribution in [0.15, 0.2) is 30.3 Å². The number of benzene rings is 2. The van der Waals surface area contributed by atoms with Crippen molar-refractivity contribution >= 4 is 16.7 Å². The third kappa shape index (κ3) is 2.09. The molecule has 0 unspecified atom stereocenters. The summed E-state index contributed by atoms with van der Waals surface area (Å²) in [4.78, 5) is 10.9. The van der Waals surface area contributed by atoms with Crippen molar-refractivity contribution < 1.29 is 15.0 Å². The molecule has 0 spiro atoms. The van der Waals surface area contributed by atoms with Crippen LogP contribution in [0.1, 0.15) is 35.7 Å². The van der Waals surface area contributed by atoms with E-state index in [1.54, 1.807) is 6.07 Å². The van der Waals surface area contributed by atoms with Crippen LogP contribution in [0.4, 0.5) is 0 Å². The number of carboxylic acid groups (broad SMARTS) is 1. The van der Waals surface area contributed by atoms with E-state index in [4.69, 9.17) is 5.11 Å². The van der Waals surface area contributed by atoms with E-state index in [9.17, 15) is 9.90 Å². The van der Waals surface area contributed by atoms with Crippen molar-refractivity contribution in [2.45, 2.75) is 19.8 Å². The van der Waals surface area contributed by atoms with E-state index in [0.717, 1.165) is 10.9 Å². The average Bonchev–Trinajstić information content (AvgIpc) is 2.28. The number of aromatic carboxylic acids is 1. The van der Waals surface area contributed by atoms with Crippen LogP contribution in [0.25, 0.3) is 10.8 Å². The molecule has 2 aromatic rings. The van der Waals surface area contributed by atoms with Gasteiger partial charge in [-0.3, -0.25) is 0 Å². The molecule has 2 rings (SSSR count). The zero-order valence-corrected chi connectivity index (χ0v) is 9.77. The highest BCUT2D eigenvalue weighted by Gasteiger charge is 2.09. The summed E-state index contributed by atoms with van der Waals surface area (Å²) in [5.41, 5.74) is 1.23. The van der Waals surface area contributed by atoms with Gasteiger partial charge in [0.2, 0.25) is 0 Å². The first kappa shape index (κ1) is 11.5. The second-order valence-electron chi connectivity index (χ2n) is 4.44. The van der Waals surface area contributed by atoms with Gasteiger partial charge in [0.1, 0.15) is 5.75 Å². The highest BCUT2D eigenvalue weighted by Crippen LogP contribution is 2.29. The summed E-state index contributed by atoms with van der Waals surface area (Å²) in [5.74, 6) is -0.643. The molecule has 3 nitrogen and oxygen atoms in total. The molecule has 0 saturated carbocycles. The second-order valence-corrected chi connectivity index (χ2v) is 4.44. The summed E-state index contributed by atoms with van der Waals surface area (Å²) in [6, 6.07) is 8.56. The van der Waals surface area contributed by atoms with Gasteiger partial charge < -0.3 is 10.2 Å². The molecule has 0 radical (unpaired) electrons. The molecule has 88 valence electrons. The largest absolute Gasteiger partial charge is 0.507 e. The molecule has 0 aliphatic rings. The Balaban J connectivity index is 2.68. The molecule has 0 fully saturated rings. The summed E-state index contributed by atoms with van der Waals surface area (Å²) in [6.07, 6.45) is 0. The van der Waals surface area contributed by atoms with Crippen LogP contribution in [-0.2, 0) is 0 Å². The van der Waals surface area contributed by atoms with Crippen LogP contribution in [0, 0.1) is 0 Å². The Hall–Kier alpha value is -2.03. The number of hydrogen-bond acceptors (Lipinski definition) is 2. The minimum absolute atomic E-state index is 0.0161. The maximum atomic E-state index is 10.9. The van der Waals surface area contributed by atoms with Crippen molar-refractivity contribution in [1.29, 1.82) is 0 Å². The van der Waals surface area contributed by atoms with E-state index >= 15 is 0 Å². The fourth-order valence-corrected chi connectivity index (χ4v) is 1.84. The minimum atomic E-state index is -1.03. The lowest BCUT2D eigenvalue weighted by molar-refractivity contribution is 0.0696. The molecule has 0 heterocycles. The Kier molecular flexibility index (Phi) is 2.76. The first-order chi connectivity index (χ1) is 7.99. The van der Waals surface area contributed by atoms with Crippen molar-refractivity contribution in [3.05, 3.63) is 41.5 Å². The van der Waals surface area contributed by atoms with E-state index in [1.165, 1.54) is 6.07 Å². The Bertz CT molecular complexity index is 585. The molecule has 0 amide bonds. The first-order valence-electron chi connectivity index (χ1n) is 5.49. The first-order valence-corrected chi connectivity index (χ1v) is 5.49. The van der Waals surface area contributed by atoms with Gasteiger partial charge in [-0.05, 0) is 35.1 Å². The quantitative estimate of drug-likeness (QED) is 0.831. The van der Waals surface area contributed by atoms with Gasteiger partial charge in [0, 0.05) is 5.39 Å². The number of phenols is 1. The number of carbonyl (C=O) groups is 1. The van der Waals surface area contributed by atoms with Gasteiger partial charge in [0.15, 0.2) is 0 Å². The molecular weight excluding hydrogens is 216 g/mol. The van der Waals surface area contributed by atoms with Crippen LogP contribution in [-0.4, -0.2) is 16.2 Å². The standard InChI is InChI=1S/C14H14O3/c1-8(2)9-3-4-10-5-11(14(16)17)7-13(15)12(10)6-9/h3-8,15H,1-2H3,(H,16,17). The maximum absolute atomic E-state index is 10.9. The van der Waals surface area contributed by atoms with Crippen molar-refractivity contribution in [3.8, 4) is 5.75 Å². The Morgan fingerprint density at radius 2 is 1.88 bits per heavy atom. The molecule has 0 saturated heterocycles. The van der Waals surface area contributed by atoms with E-state index in [0.29, 0.717) is 11.3 Å². The Labute approximate surface area is 99.3 Å². The number of phenolic OH excluding ortho intramolecular Hbond substituents is 1. The molecule has 0 bridgehead atoms. The van der Waals surface area contributed by atoms with Crippen molar-refractivity contribution in [1.82, 2.24) is 0 Å². The van der Waals surface area contributed by atoms with Gasteiger partial charge in [-0.2, -0.15) is 0 Å². The Morgan fingerprint density at radius 1 is 1.18 bits per heavy atom. The number of carboxylic acids is 1. The maximum Gasteiger partial charge on any atom is 0.335 e. The van der Waals surface area contributed by atoms with Gasteiger partial charge in [0.05, 0.1) is 5.56 Å². The second kappa shape index (κ2) is 4.09. The molecule has 0 aromatic heterocycles. The Morgan fingerprint density at radius 3 is 2.47 bits per heavy atom. The number of aromatic hydroxyl groups is 1. The third-order valence-corrected chi connectivity index (χ3v) is 2.87. The van der Waals surface area contributed by atoms with Gasteiger partial charge >= 0.3 is 5.97 Å². The van der Waals surface area contributed by atoms with Crippen LogP contribution in [0.2, 0.25) is 0 Å². The topological polar surface area (TPSA) is 57.5 Å². The summed E-state index contributed by atoms with van der Waals surface area (Å²) >= 11 is 0. The SMILES string of the molecule is CC(C)c1ccc2cc(C(=O)O)cc(O)c2c1. The summed E-state index contributed by atoms with van der Waals surface area (Å²) in [6.45, 7) is 4.15. The van der Waals surface area contributed by atoms with E-state index in [2.05, 4.69) is 13.8 Å². The third-order valence-electron chi connectivity index (χ3n) is 2.87. The van der Waals surface area contributed by atoms with Crippen LogP contribution in [0.3, 0.4) is 0 Å². The monoisotopic (exact) mass is 230 g/mol. The lowest BCUT2D eigenvalue weighted by Crippen LogP contribution is -1.96. The molecule has 0 aliphatic heterocycles. The fraction of sp³-hybridized carbons (Fsp3) is 0.214.